The van der Waals surface area contributed by atoms with Crippen molar-refractivity contribution in [3.8, 4) is 11.8 Å². The molecule has 0 rings (SSSR count). The third-order valence-corrected chi connectivity index (χ3v) is 3.56. The van der Waals surface area contributed by atoms with Gasteiger partial charge in [0.2, 0.25) is 6.29 Å². The second kappa shape index (κ2) is 19.8. The van der Waals surface area contributed by atoms with E-state index >= 15 is 0 Å². The Morgan fingerprint density at radius 2 is 1.54 bits per heavy atom. The minimum absolute atomic E-state index is 0.148. The third kappa shape index (κ3) is 17.3. The number of allylic oxidation sites excluding steroid dienone is 2. The van der Waals surface area contributed by atoms with Crippen molar-refractivity contribution in [1.29, 1.82) is 0 Å². The number of esters is 1. The van der Waals surface area contributed by atoms with Gasteiger partial charge < -0.3 is 14.2 Å². The molecule has 0 aliphatic carbocycles. The number of carbonyl (C=O) groups is 1. The zero-order valence-electron chi connectivity index (χ0n) is 16.8. The van der Waals surface area contributed by atoms with Crippen molar-refractivity contribution < 1.29 is 19.0 Å². The maximum Gasteiger partial charge on any atom is 0.305 e. The van der Waals surface area contributed by atoms with E-state index in [9.17, 15) is 4.79 Å². The highest BCUT2D eigenvalue weighted by atomic mass is 16.7. The molecule has 4 heteroatoms. The number of hydrogen-bond acceptors (Lipinski definition) is 4. The van der Waals surface area contributed by atoms with Gasteiger partial charge in [-0.15, -0.1) is 0 Å². The molecule has 0 aliphatic heterocycles. The second-order valence-corrected chi connectivity index (χ2v) is 5.98. The second-order valence-electron chi connectivity index (χ2n) is 5.98. The van der Waals surface area contributed by atoms with Gasteiger partial charge in [0.25, 0.3) is 0 Å². The van der Waals surface area contributed by atoms with E-state index in [4.69, 9.17) is 9.47 Å². The Bertz CT molecular complexity index is 423. The van der Waals surface area contributed by atoms with Crippen LogP contribution in [0.4, 0.5) is 0 Å². The molecule has 0 N–H and O–H groups in total. The molecule has 0 unspecified atom stereocenters. The zero-order chi connectivity index (χ0) is 19.3. The quantitative estimate of drug-likeness (QED) is 0.132. The predicted molar refractivity (Wildman–Crippen MR) is 107 cm³/mol. The molecule has 0 aromatic rings. The first-order valence-electron chi connectivity index (χ1n) is 9.82. The topological polar surface area (TPSA) is 44.8 Å². The summed E-state index contributed by atoms with van der Waals surface area (Å²) in [7, 11) is 1.42. The molecular weight excluding hydrogens is 328 g/mol. The van der Waals surface area contributed by atoms with E-state index in [1.54, 1.807) is 0 Å². The molecular formula is C22H36O4. The molecule has 0 amide bonds. The summed E-state index contributed by atoms with van der Waals surface area (Å²) in [6.45, 7) is 5.32. The average molecular weight is 365 g/mol. The molecule has 0 aromatic heterocycles. The Morgan fingerprint density at radius 1 is 0.923 bits per heavy atom. The number of carbonyl (C=O) groups excluding carboxylic acids is 1. The maximum atomic E-state index is 11.0. The molecule has 0 spiro atoms. The fraction of sp³-hybridized carbons (Fsp3) is 0.682. The molecule has 0 saturated heterocycles. The van der Waals surface area contributed by atoms with Gasteiger partial charge in [-0.25, -0.2) is 0 Å². The molecule has 0 saturated carbocycles. The van der Waals surface area contributed by atoms with Gasteiger partial charge in [-0.1, -0.05) is 63.3 Å². The van der Waals surface area contributed by atoms with E-state index in [0.29, 0.717) is 19.6 Å². The van der Waals surface area contributed by atoms with Crippen LogP contribution in [0.2, 0.25) is 0 Å². The smallest absolute Gasteiger partial charge is 0.305 e. The van der Waals surface area contributed by atoms with Crippen molar-refractivity contribution >= 4 is 5.97 Å². The van der Waals surface area contributed by atoms with Gasteiger partial charge in [0.1, 0.15) is 0 Å². The van der Waals surface area contributed by atoms with Gasteiger partial charge in [0.05, 0.1) is 20.3 Å². The molecule has 0 fully saturated rings. The highest BCUT2D eigenvalue weighted by molar-refractivity contribution is 5.68. The van der Waals surface area contributed by atoms with Gasteiger partial charge in [-0.2, -0.15) is 0 Å². The minimum Gasteiger partial charge on any atom is -0.469 e. The highest BCUT2D eigenvalue weighted by Gasteiger charge is 2.03. The normalized spacial score (nSPS) is 11.2. The van der Waals surface area contributed by atoms with E-state index in [1.807, 2.05) is 12.2 Å². The van der Waals surface area contributed by atoms with Gasteiger partial charge in [-0.05, 0) is 31.6 Å². The van der Waals surface area contributed by atoms with Crippen LogP contribution in [-0.4, -0.2) is 32.6 Å². The number of methoxy groups -OCH3 is 1. The van der Waals surface area contributed by atoms with Crippen molar-refractivity contribution in [2.75, 3.05) is 20.3 Å². The number of rotatable bonds is 15. The Kier molecular flexibility index (Phi) is 18.6. The summed E-state index contributed by atoms with van der Waals surface area (Å²) in [6.07, 6.45) is 16.2. The molecule has 0 heterocycles. The van der Waals surface area contributed by atoms with E-state index in [1.165, 1.54) is 7.11 Å². The fourth-order valence-electron chi connectivity index (χ4n) is 2.04. The van der Waals surface area contributed by atoms with E-state index < -0.39 is 6.29 Å². The van der Waals surface area contributed by atoms with Crippen LogP contribution in [0.1, 0.15) is 71.6 Å². The van der Waals surface area contributed by atoms with Crippen LogP contribution >= 0.6 is 0 Å². The minimum atomic E-state index is -0.498. The summed E-state index contributed by atoms with van der Waals surface area (Å²) in [4.78, 5) is 11.0. The van der Waals surface area contributed by atoms with Crippen LogP contribution in [0.25, 0.3) is 0 Å². The van der Waals surface area contributed by atoms with E-state index in [-0.39, 0.29) is 5.97 Å². The van der Waals surface area contributed by atoms with Crippen molar-refractivity contribution in [3.63, 3.8) is 0 Å². The zero-order valence-corrected chi connectivity index (χ0v) is 16.8. The monoisotopic (exact) mass is 364 g/mol. The first-order chi connectivity index (χ1) is 12.7. The lowest BCUT2D eigenvalue weighted by Crippen LogP contribution is -2.15. The summed E-state index contributed by atoms with van der Waals surface area (Å²) < 4.78 is 16.0. The number of unbranched alkanes of at least 4 members (excludes halogenated alkanes) is 5. The van der Waals surface area contributed by atoms with Gasteiger partial charge >= 0.3 is 5.97 Å². The average Bonchev–Trinajstić information content (AvgIpc) is 2.65. The maximum absolute atomic E-state index is 11.0. The Labute approximate surface area is 160 Å². The summed E-state index contributed by atoms with van der Waals surface area (Å²) >= 11 is 0. The van der Waals surface area contributed by atoms with Crippen LogP contribution < -0.4 is 0 Å². The van der Waals surface area contributed by atoms with Crippen LogP contribution in [0.15, 0.2) is 24.3 Å². The third-order valence-electron chi connectivity index (χ3n) is 3.56. The van der Waals surface area contributed by atoms with Crippen LogP contribution in [-0.2, 0) is 19.0 Å². The SMILES string of the molecule is CCC/C=C/COC(C#CCCCCCC(=O)OC)OC/C=C/CCC. The standard InChI is InChI=1S/C22H36O4/c1-4-6-8-15-19-25-22(26-20-16-9-7-5-2)18-14-12-10-11-13-17-21(23)24-3/h8-9,15-16,22H,4-7,10-13,17,19-20H2,1-3H3/b15-8+,16-9+. The van der Waals surface area contributed by atoms with Crippen LogP contribution in [0.5, 0.6) is 0 Å². The molecule has 0 atom stereocenters. The summed E-state index contributed by atoms with van der Waals surface area (Å²) in [5.74, 6) is 6.04. The molecule has 0 radical (unpaired) electrons. The summed E-state index contributed by atoms with van der Waals surface area (Å²) in [5.41, 5.74) is 0. The summed E-state index contributed by atoms with van der Waals surface area (Å²) in [6, 6.07) is 0. The first-order valence-corrected chi connectivity index (χ1v) is 9.82. The summed E-state index contributed by atoms with van der Waals surface area (Å²) in [5, 5.41) is 0. The van der Waals surface area contributed by atoms with Crippen molar-refractivity contribution in [2.24, 2.45) is 0 Å². The lowest BCUT2D eigenvalue weighted by Gasteiger charge is -2.10. The number of hydrogen-bond donors (Lipinski definition) is 0. The molecule has 148 valence electrons. The Balaban J connectivity index is 4.13. The molecule has 0 aromatic carbocycles. The Hall–Kier alpha value is -1.57. The van der Waals surface area contributed by atoms with Gasteiger partial charge in [-0.3, -0.25) is 4.79 Å². The highest BCUT2D eigenvalue weighted by Crippen LogP contribution is 2.04. The van der Waals surface area contributed by atoms with Crippen molar-refractivity contribution in [3.05, 3.63) is 24.3 Å². The van der Waals surface area contributed by atoms with E-state index in [2.05, 4.69) is 42.6 Å². The van der Waals surface area contributed by atoms with Gasteiger partial charge in [0.15, 0.2) is 0 Å². The molecule has 26 heavy (non-hydrogen) atoms. The van der Waals surface area contributed by atoms with Crippen molar-refractivity contribution in [1.82, 2.24) is 0 Å². The van der Waals surface area contributed by atoms with Gasteiger partial charge in [0, 0.05) is 12.8 Å². The molecule has 4 nitrogen and oxygen atoms in total. The largest absolute Gasteiger partial charge is 0.469 e. The fourth-order valence-corrected chi connectivity index (χ4v) is 2.04. The first kappa shape index (κ1) is 24.4. The lowest BCUT2D eigenvalue weighted by atomic mass is 10.1. The van der Waals surface area contributed by atoms with Crippen LogP contribution in [0.3, 0.4) is 0 Å². The van der Waals surface area contributed by atoms with Crippen molar-refractivity contribution in [2.45, 2.75) is 77.9 Å². The Morgan fingerprint density at radius 3 is 2.08 bits per heavy atom. The number of ether oxygens (including phenoxy) is 3. The van der Waals surface area contributed by atoms with Crippen LogP contribution in [0, 0.1) is 11.8 Å². The predicted octanol–water partition coefficient (Wildman–Crippen LogP) is 5.19. The lowest BCUT2D eigenvalue weighted by molar-refractivity contribution is -0.140. The molecule has 0 bridgehead atoms. The molecule has 0 aliphatic rings. The van der Waals surface area contributed by atoms with E-state index in [0.717, 1.165) is 51.4 Å².